The Labute approximate surface area is 126 Å². The highest BCUT2D eigenvalue weighted by Gasteiger charge is 2.27. The Morgan fingerprint density at radius 3 is 2.60 bits per heavy atom. The summed E-state index contributed by atoms with van der Waals surface area (Å²) >= 11 is 12.3. The summed E-state index contributed by atoms with van der Waals surface area (Å²) in [6, 6.07) is 2.49. The molecular formula is C12H15Cl2N3O3. The van der Waals surface area contributed by atoms with E-state index in [1.165, 1.54) is 12.1 Å². The van der Waals surface area contributed by atoms with E-state index in [-0.39, 0.29) is 27.9 Å². The molecule has 1 fully saturated rings. The molecule has 2 rings (SSSR count). The van der Waals surface area contributed by atoms with E-state index in [0.29, 0.717) is 25.4 Å². The molecule has 0 spiro atoms. The van der Waals surface area contributed by atoms with E-state index in [1.807, 2.05) is 11.8 Å². The molecule has 20 heavy (non-hydrogen) atoms. The predicted molar refractivity (Wildman–Crippen MR) is 78.7 cm³/mol. The summed E-state index contributed by atoms with van der Waals surface area (Å²) in [7, 11) is 0. The van der Waals surface area contributed by atoms with Crippen LogP contribution in [0.3, 0.4) is 0 Å². The number of non-ortho nitro benzene ring substituents is 1. The van der Waals surface area contributed by atoms with Crippen molar-refractivity contribution in [2.45, 2.75) is 19.1 Å². The Bertz CT molecular complexity index is 502. The van der Waals surface area contributed by atoms with Gasteiger partial charge >= 0.3 is 0 Å². The summed E-state index contributed by atoms with van der Waals surface area (Å²) in [6.45, 7) is 3.54. The lowest BCUT2D eigenvalue weighted by molar-refractivity contribution is -0.384. The molecule has 2 unspecified atom stereocenters. The second kappa shape index (κ2) is 6.13. The minimum atomic E-state index is -0.522. The number of hydrogen-bond donors (Lipinski definition) is 1. The molecule has 1 aromatic rings. The molecule has 8 heteroatoms. The van der Waals surface area contributed by atoms with Gasteiger partial charge in [-0.3, -0.25) is 10.1 Å². The number of ether oxygens (including phenoxy) is 1. The molecule has 1 aliphatic heterocycles. The van der Waals surface area contributed by atoms with Crippen LogP contribution in [0, 0.1) is 10.1 Å². The first-order chi connectivity index (χ1) is 9.40. The molecule has 0 radical (unpaired) electrons. The van der Waals surface area contributed by atoms with Crippen molar-refractivity contribution in [3.05, 3.63) is 32.3 Å². The van der Waals surface area contributed by atoms with E-state index in [4.69, 9.17) is 33.7 Å². The number of rotatable bonds is 3. The number of benzene rings is 1. The lowest BCUT2D eigenvalue weighted by atomic mass is 10.1. The Kier molecular flexibility index (Phi) is 4.70. The van der Waals surface area contributed by atoms with Crippen LogP contribution in [0.2, 0.25) is 10.0 Å². The number of nitro groups is 1. The molecule has 2 atom stereocenters. The molecule has 0 aromatic heterocycles. The highest BCUT2D eigenvalue weighted by molar-refractivity contribution is 6.39. The van der Waals surface area contributed by atoms with Crippen molar-refractivity contribution in [1.82, 2.24) is 0 Å². The Morgan fingerprint density at radius 2 is 2.10 bits per heavy atom. The maximum Gasteiger partial charge on any atom is 0.272 e. The van der Waals surface area contributed by atoms with Crippen LogP contribution in [-0.2, 0) is 4.74 Å². The van der Waals surface area contributed by atoms with Gasteiger partial charge in [0, 0.05) is 31.3 Å². The maximum atomic E-state index is 10.8. The highest BCUT2D eigenvalue weighted by Crippen LogP contribution is 2.38. The zero-order valence-corrected chi connectivity index (χ0v) is 12.4. The van der Waals surface area contributed by atoms with Crippen molar-refractivity contribution in [3.8, 4) is 0 Å². The van der Waals surface area contributed by atoms with Gasteiger partial charge < -0.3 is 15.4 Å². The van der Waals surface area contributed by atoms with E-state index in [0.717, 1.165) is 0 Å². The molecule has 0 bridgehead atoms. The van der Waals surface area contributed by atoms with Crippen LogP contribution in [0.5, 0.6) is 0 Å². The first kappa shape index (κ1) is 15.3. The number of morpholine rings is 1. The molecule has 2 N–H and O–H groups in total. The largest absolute Gasteiger partial charge is 0.373 e. The van der Waals surface area contributed by atoms with Gasteiger partial charge in [0.1, 0.15) is 0 Å². The molecule has 0 aliphatic carbocycles. The predicted octanol–water partition coefficient (Wildman–Crippen LogP) is 2.45. The van der Waals surface area contributed by atoms with Crippen molar-refractivity contribution in [3.63, 3.8) is 0 Å². The van der Waals surface area contributed by atoms with Crippen molar-refractivity contribution < 1.29 is 9.66 Å². The third-order valence-corrected chi connectivity index (χ3v) is 3.78. The average molecular weight is 320 g/mol. The van der Waals surface area contributed by atoms with Crippen LogP contribution in [0.25, 0.3) is 0 Å². The fourth-order valence-corrected chi connectivity index (χ4v) is 2.87. The Morgan fingerprint density at radius 1 is 1.50 bits per heavy atom. The summed E-state index contributed by atoms with van der Waals surface area (Å²) in [4.78, 5) is 12.2. The first-order valence-corrected chi connectivity index (χ1v) is 6.91. The normalized spacial score (nSPS) is 20.8. The van der Waals surface area contributed by atoms with E-state index in [2.05, 4.69) is 0 Å². The fourth-order valence-electron chi connectivity index (χ4n) is 2.16. The zero-order chi connectivity index (χ0) is 14.9. The lowest BCUT2D eigenvalue weighted by Gasteiger charge is -2.36. The zero-order valence-electron chi connectivity index (χ0n) is 10.9. The number of nitrogens with two attached hydrogens (primary N) is 1. The summed E-state index contributed by atoms with van der Waals surface area (Å²) in [5.41, 5.74) is 6.31. The first-order valence-electron chi connectivity index (χ1n) is 6.15. The van der Waals surface area contributed by atoms with Gasteiger partial charge in [0.05, 0.1) is 33.4 Å². The number of halogens is 2. The van der Waals surface area contributed by atoms with Crippen molar-refractivity contribution >= 4 is 34.6 Å². The van der Waals surface area contributed by atoms with E-state index in [1.54, 1.807) is 0 Å². The number of anilines is 1. The SMILES string of the molecule is CC(N)C1CN(c2c(Cl)cc([N+](=O)[O-])cc2Cl)CCO1. The van der Waals surface area contributed by atoms with Crippen LogP contribution in [0.4, 0.5) is 11.4 Å². The van der Waals surface area contributed by atoms with E-state index in [9.17, 15) is 10.1 Å². The van der Waals surface area contributed by atoms with Crippen LogP contribution in [-0.4, -0.2) is 36.8 Å². The monoisotopic (exact) mass is 319 g/mol. The van der Waals surface area contributed by atoms with Crippen LogP contribution < -0.4 is 10.6 Å². The van der Waals surface area contributed by atoms with Crippen molar-refractivity contribution in [1.29, 1.82) is 0 Å². The number of hydrogen-bond acceptors (Lipinski definition) is 5. The molecule has 110 valence electrons. The number of nitro benzene ring substituents is 1. The third-order valence-electron chi connectivity index (χ3n) is 3.21. The average Bonchev–Trinajstić information content (AvgIpc) is 2.38. The molecule has 0 amide bonds. The van der Waals surface area contributed by atoms with E-state index < -0.39 is 4.92 Å². The topological polar surface area (TPSA) is 81.6 Å². The van der Waals surface area contributed by atoms with Gasteiger partial charge in [-0.2, -0.15) is 0 Å². The summed E-state index contributed by atoms with van der Waals surface area (Å²) in [6.07, 6.45) is -0.119. The van der Waals surface area contributed by atoms with Crippen LogP contribution in [0.1, 0.15) is 6.92 Å². The van der Waals surface area contributed by atoms with Crippen LogP contribution >= 0.6 is 23.2 Å². The minimum Gasteiger partial charge on any atom is -0.373 e. The van der Waals surface area contributed by atoms with Crippen molar-refractivity contribution in [2.75, 3.05) is 24.6 Å². The molecule has 1 aliphatic rings. The standard InChI is InChI=1S/C12H15Cl2N3O3/c1-7(15)11-6-16(2-3-20-11)12-9(13)4-8(17(18)19)5-10(12)14/h4-5,7,11H,2-3,6,15H2,1H3. The summed E-state index contributed by atoms with van der Waals surface area (Å²) < 4.78 is 5.57. The molecule has 1 aromatic carbocycles. The molecular weight excluding hydrogens is 305 g/mol. The summed E-state index contributed by atoms with van der Waals surface area (Å²) in [5, 5.41) is 11.3. The van der Waals surface area contributed by atoms with Gasteiger partial charge in [0.15, 0.2) is 0 Å². The molecule has 6 nitrogen and oxygen atoms in total. The molecule has 1 heterocycles. The smallest absolute Gasteiger partial charge is 0.272 e. The fraction of sp³-hybridized carbons (Fsp3) is 0.500. The Balaban J connectivity index is 2.30. The number of nitrogens with zero attached hydrogens (tertiary/aromatic N) is 2. The molecule has 1 saturated heterocycles. The van der Waals surface area contributed by atoms with Gasteiger partial charge in [0.25, 0.3) is 5.69 Å². The maximum absolute atomic E-state index is 10.8. The second-order valence-electron chi connectivity index (χ2n) is 4.73. The second-order valence-corrected chi connectivity index (χ2v) is 5.54. The molecule has 0 saturated carbocycles. The highest BCUT2D eigenvalue weighted by atomic mass is 35.5. The Hall–Kier alpha value is -1.08. The lowest BCUT2D eigenvalue weighted by Crippen LogP contribution is -2.49. The van der Waals surface area contributed by atoms with Gasteiger partial charge in [-0.1, -0.05) is 23.2 Å². The van der Waals surface area contributed by atoms with Crippen LogP contribution in [0.15, 0.2) is 12.1 Å². The quantitative estimate of drug-likeness (QED) is 0.683. The third kappa shape index (κ3) is 3.15. The van der Waals surface area contributed by atoms with Gasteiger partial charge in [-0.05, 0) is 6.92 Å². The van der Waals surface area contributed by atoms with Gasteiger partial charge in [0.2, 0.25) is 0 Å². The van der Waals surface area contributed by atoms with Gasteiger partial charge in [-0.15, -0.1) is 0 Å². The van der Waals surface area contributed by atoms with Gasteiger partial charge in [-0.25, -0.2) is 0 Å². The minimum absolute atomic E-state index is 0.117. The van der Waals surface area contributed by atoms with E-state index >= 15 is 0 Å². The summed E-state index contributed by atoms with van der Waals surface area (Å²) in [5.74, 6) is 0. The van der Waals surface area contributed by atoms with Crippen molar-refractivity contribution in [2.24, 2.45) is 5.73 Å².